The molecule has 2 aliphatic heterocycles. The first kappa shape index (κ1) is 17.3. The highest BCUT2D eigenvalue weighted by Crippen LogP contribution is 2.24. The van der Waals surface area contributed by atoms with E-state index in [9.17, 15) is 19.2 Å². The van der Waals surface area contributed by atoms with Gasteiger partial charge in [0.1, 0.15) is 12.6 Å². The van der Waals surface area contributed by atoms with Crippen molar-refractivity contribution >= 4 is 35.6 Å². The van der Waals surface area contributed by atoms with E-state index in [0.29, 0.717) is 11.5 Å². The molecule has 3 rings (SSSR count). The van der Waals surface area contributed by atoms with Crippen LogP contribution in [0.3, 0.4) is 0 Å². The van der Waals surface area contributed by atoms with E-state index in [1.54, 1.807) is 24.3 Å². The van der Waals surface area contributed by atoms with Crippen LogP contribution in [-0.4, -0.2) is 66.1 Å². The van der Waals surface area contributed by atoms with Crippen LogP contribution in [0.15, 0.2) is 24.3 Å². The molecule has 1 fully saturated rings. The molecule has 3 amide bonds. The predicted octanol–water partition coefficient (Wildman–Crippen LogP) is 0.666. The second-order valence-corrected chi connectivity index (χ2v) is 6.63. The largest absolute Gasteiger partial charge is 0.458 e. The number of amides is 3. The number of esters is 1. The molecule has 0 saturated carbocycles. The Hall–Kier alpha value is -2.55. The molecule has 1 N–H and O–H groups in total. The van der Waals surface area contributed by atoms with Crippen molar-refractivity contribution in [1.82, 2.24) is 10.2 Å². The molecule has 0 unspecified atom stereocenters. The minimum absolute atomic E-state index is 0.280. The number of carbonyl (C=O) groups is 4. The monoisotopic (exact) mass is 364 g/mol. The number of imide groups is 1. The van der Waals surface area contributed by atoms with Crippen LogP contribution in [-0.2, 0) is 14.3 Å². The Bertz CT molecular complexity index is 702. The first-order valence-corrected chi connectivity index (χ1v) is 8.73. The van der Waals surface area contributed by atoms with Crippen molar-refractivity contribution in [2.45, 2.75) is 12.1 Å². The zero-order valence-corrected chi connectivity index (χ0v) is 14.2. The minimum Gasteiger partial charge on any atom is -0.458 e. The van der Waals surface area contributed by atoms with E-state index < -0.39 is 36.5 Å². The summed E-state index contributed by atoms with van der Waals surface area (Å²) < 4.78 is 9.89. The number of hydrogen-bond donors (Lipinski definition) is 1. The second-order valence-electron chi connectivity index (χ2n) is 5.55. The lowest BCUT2D eigenvalue weighted by Crippen LogP contribution is -2.46. The van der Waals surface area contributed by atoms with Crippen molar-refractivity contribution in [3.8, 4) is 0 Å². The van der Waals surface area contributed by atoms with Crippen LogP contribution in [0.2, 0.25) is 0 Å². The molecule has 2 aliphatic rings. The number of alkyl carbamates (subject to hydrolysis) is 1. The van der Waals surface area contributed by atoms with Crippen LogP contribution in [0.5, 0.6) is 0 Å². The quantitative estimate of drug-likeness (QED) is 0.619. The highest BCUT2D eigenvalue weighted by Gasteiger charge is 2.38. The Labute approximate surface area is 147 Å². The maximum absolute atomic E-state index is 12.2. The summed E-state index contributed by atoms with van der Waals surface area (Å²) in [7, 11) is 1.25. The summed E-state index contributed by atoms with van der Waals surface area (Å²) in [4.78, 5) is 48.9. The number of fused-ring (bicyclic) bond motifs is 1. The summed E-state index contributed by atoms with van der Waals surface area (Å²) in [6.07, 6.45) is -1.14. The topological polar surface area (TPSA) is 102 Å². The molecule has 1 aromatic carbocycles. The molecule has 0 radical (unpaired) electrons. The van der Waals surface area contributed by atoms with Crippen molar-refractivity contribution < 1.29 is 28.7 Å². The maximum Gasteiger partial charge on any atom is 0.407 e. The fraction of sp³-hybridized carbons (Fsp3) is 0.375. The molecule has 9 heteroatoms. The van der Waals surface area contributed by atoms with Gasteiger partial charge >= 0.3 is 12.1 Å². The summed E-state index contributed by atoms with van der Waals surface area (Å²) in [5.41, 5.74) is 0.559. The van der Waals surface area contributed by atoms with E-state index in [1.807, 2.05) is 0 Å². The van der Waals surface area contributed by atoms with Gasteiger partial charge in [-0.15, -0.1) is 0 Å². The molecule has 132 valence electrons. The van der Waals surface area contributed by atoms with E-state index in [2.05, 4.69) is 10.1 Å². The van der Waals surface area contributed by atoms with Gasteiger partial charge in [-0.25, -0.2) is 4.79 Å². The van der Waals surface area contributed by atoms with Crippen molar-refractivity contribution in [2.24, 2.45) is 0 Å². The zero-order valence-electron chi connectivity index (χ0n) is 13.4. The van der Waals surface area contributed by atoms with Gasteiger partial charge in [0, 0.05) is 11.5 Å². The van der Waals surface area contributed by atoms with Gasteiger partial charge in [-0.2, -0.15) is 11.8 Å². The average molecular weight is 364 g/mol. The van der Waals surface area contributed by atoms with Crippen LogP contribution in [0, 0.1) is 0 Å². The molecule has 0 spiro atoms. The van der Waals surface area contributed by atoms with Crippen molar-refractivity contribution in [1.29, 1.82) is 0 Å². The number of benzene rings is 1. The summed E-state index contributed by atoms with van der Waals surface area (Å²) in [5.74, 6) is -0.619. The predicted molar refractivity (Wildman–Crippen MR) is 88.3 cm³/mol. The van der Waals surface area contributed by atoms with Crippen molar-refractivity contribution in [3.63, 3.8) is 0 Å². The molecule has 0 aromatic heterocycles. The lowest BCUT2D eigenvalue weighted by atomic mass is 10.1. The zero-order chi connectivity index (χ0) is 18.0. The number of ether oxygens (including phenoxy) is 2. The van der Waals surface area contributed by atoms with Crippen molar-refractivity contribution in [3.05, 3.63) is 35.4 Å². The van der Waals surface area contributed by atoms with Gasteiger partial charge in [-0.05, 0) is 12.1 Å². The number of nitrogens with one attached hydrogen (secondary N) is 1. The average Bonchev–Trinajstić information content (AvgIpc) is 3.13. The van der Waals surface area contributed by atoms with Gasteiger partial charge < -0.3 is 14.8 Å². The molecule has 1 saturated heterocycles. The summed E-state index contributed by atoms with van der Waals surface area (Å²) >= 11 is 1.52. The summed E-state index contributed by atoms with van der Waals surface area (Å²) in [5, 5.41) is 2.60. The Morgan fingerprint density at radius 3 is 2.44 bits per heavy atom. The number of methoxy groups -OCH3 is 1. The SMILES string of the molecule is COC(=O)N[C@@H]1CSC[C@@H]1OC(=O)CN1C(=O)c2ccccc2C1=O. The first-order valence-electron chi connectivity index (χ1n) is 7.58. The van der Waals surface area contributed by atoms with Crippen LogP contribution >= 0.6 is 11.8 Å². The van der Waals surface area contributed by atoms with Crippen LogP contribution in [0.25, 0.3) is 0 Å². The third kappa shape index (κ3) is 3.46. The summed E-state index contributed by atoms with van der Waals surface area (Å²) in [6.45, 7) is -0.460. The standard InChI is InChI=1S/C16H16N2O6S/c1-23-16(22)17-11-7-25-8-12(11)24-13(19)6-18-14(20)9-4-2-3-5-10(9)15(18)21/h2-5,11-12H,6-8H2,1H3,(H,17,22)/t11-,12+/m1/s1. The third-order valence-electron chi connectivity index (χ3n) is 3.97. The number of hydrogen-bond acceptors (Lipinski definition) is 7. The fourth-order valence-corrected chi connectivity index (χ4v) is 3.93. The Morgan fingerprint density at radius 1 is 1.20 bits per heavy atom. The van der Waals surface area contributed by atoms with E-state index in [0.717, 1.165) is 4.90 Å². The van der Waals surface area contributed by atoms with Crippen LogP contribution in [0.4, 0.5) is 4.79 Å². The van der Waals surface area contributed by atoms with E-state index in [-0.39, 0.29) is 17.2 Å². The van der Waals surface area contributed by atoms with Gasteiger partial charge in [0.05, 0.1) is 24.3 Å². The van der Waals surface area contributed by atoms with E-state index in [4.69, 9.17) is 4.74 Å². The van der Waals surface area contributed by atoms with Crippen molar-refractivity contribution in [2.75, 3.05) is 25.2 Å². The molecule has 1 aromatic rings. The lowest BCUT2D eigenvalue weighted by Gasteiger charge is -2.21. The number of nitrogens with zero attached hydrogens (tertiary/aromatic N) is 1. The molecular weight excluding hydrogens is 348 g/mol. The molecule has 2 heterocycles. The molecule has 0 aliphatic carbocycles. The molecule has 8 nitrogen and oxygen atoms in total. The first-order chi connectivity index (χ1) is 12.0. The fourth-order valence-electron chi connectivity index (χ4n) is 2.71. The lowest BCUT2D eigenvalue weighted by molar-refractivity contribution is -0.149. The second kappa shape index (κ2) is 7.14. The summed E-state index contributed by atoms with van der Waals surface area (Å²) in [6, 6.07) is 6.04. The molecule has 0 bridgehead atoms. The maximum atomic E-state index is 12.2. The highest BCUT2D eigenvalue weighted by atomic mass is 32.2. The molecule has 2 atom stereocenters. The number of rotatable bonds is 4. The molecule has 25 heavy (non-hydrogen) atoms. The smallest absolute Gasteiger partial charge is 0.407 e. The Balaban J connectivity index is 1.61. The Morgan fingerprint density at radius 2 is 1.84 bits per heavy atom. The minimum atomic E-state index is -0.696. The van der Waals surface area contributed by atoms with Gasteiger partial charge in [-0.1, -0.05) is 12.1 Å². The van der Waals surface area contributed by atoms with Gasteiger partial charge in [0.25, 0.3) is 11.8 Å². The van der Waals surface area contributed by atoms with Gasteiger partial charge in [0.2, 0.25) is 0 Å². The Kier molecular flexibility index (Phi) is 4.93. The molecular formula is C16H16N2O6S. The van der Waals surface area contributed by atoms with E-state index in [1.165, 1.54) is 18.9 Å². The number of thioether (sulfide) groups is 1. The third-order valence-corrected chi connectivity index (χ3v) is 5.12. The van der Waals surface area contributed by atoms with Crippen LogP contribution < -0.4 is 5.32 Å². The van der Waals surface area contributed by atoms with Crippen LogP contribution in [0.1, 0.15) is 20.7 Å². The number of carbonyl (C=O) groups excluding carboxylic acids is 4. The van der Waals surface area contributed by atoms with E-state index >= 15 is 0 Å². The van der Waals surface area contributed by atoms with Gasteiger partial charge in [0.15, 0.2) is 0 Å². The van der Waals surface area contributed by atoms with Gasteiger partial charge in [-0.3, -0.25) is 19.3 Å². The normalized spacial score (nSPS) is 21.9. The highest BCUT2D eigenvalue weighted by molar-refractivity contribution is 7.99.